The highest BCUT2D eigenvalue weighted by Gasteiger charge is 2.25. The number of aromatic nitrogens is 2. The SMILES string of the molecule is Nc1c(N=S)c(-c2ccc(N(c3ccccc3)c3ccccc3)cc2)c2nc3c4ccccc4c4ccccc4c3nc2c1-c1ccc(N(c2ccccc2)c2ccccc2)cc1. The second-order valence-corrected chi connectivity index (χ2v) is 15.6. The van der Waals surface area contributed by atoms with E-state index in [0.29, 0.717) is 22.4 Å². The van der Waals surface area contributed by atoms with Gasteiger partial charge in [-0.3, -0.25) is 0 Å². The largest absolute Gasteiger partial charge is 0.396 e. The Morgan fingerprint density at radius 3 is 1.00 bits per heavy atom. The number of hydrogen-bond acceptors (Lipinski definition) is 7. The Bertz CT molecular complexity index is 3380. The Hall–Kier alpha value is -8.26. The van der Waals surface area contributed by atoms with E-state index in [0.717, 1.165) is 89.0 Å². The fraction of sp³-hybridized carbons (Fsp3) is 0. The van der Waals surface area contributed by atoms with Crippen LogP contribution in [0.3, 0.4) is 0 Å². The van der Waals surface area contributed by atoms with Crippen LogP contribution in [-0.4, -0.2) is 9.97 Å². The minimum atomic E-state index is 0.446. The lowest BCUT2D eigenvalue weighted by Crippen LogP contribution is -2.09. The Kier molecular flexibility index (Phi) is 9.56. The summed E-state index contributed by atoms with van der Waals surface area (Å²) in [6, 6.07) is 75.2. The van der Waals surface area contributed by atoms with Crippen LogP contribution in [0.4, 0.5) is 45.5 Å². The minimum absolute atomic E-state index is 0.446. The molecule has 0 fully saturated rings. The van der Waals surface area contributed by atoms with E-state index in [9.17, 15) is 0 Å². The predicted molar refractivity (Wildman–Crippen MR) is 266 cm³/mol. The number of nitrogens with zero attached hydrogens (tertiary/aromatic N) is 5. The number of para-hydroxylation sites is 4. The summed E-state index contributed by atoms with van der Waals surface area (Å²) in [5.41, 5.74) is 20.7. The average molecular weight is 827 g/mol. The standard InChI is InChI=1S/C56H38N6S/c57-51-49(37-29-33-43(34-30-37)61(39-17-5-1-6-18-39)40-19-7-2-8-20-40)55-56(59-53-48-28-16-14-26-46(48)45-25-13-15-27-47(45)52(53)58-55)50(54(51)60-63)38-31-35-44(36-32-38)62(41-21-9-3-10-22-41)42-23-11-4-12-24-42/h1-36H,57H2. The molecule has 11 rings (SSSR count). The van der Waals surface area contributed by atoms with Crippen molar-refractivity contribution in [2.24, 2.45) is 4.36 Å². The highest BCUT2D eigenvalue weighted by Crippen LogP contribution is 2.49. The molecule has 0 bridgehead atoms. The van der Waals surface area contributed by atoms with Crippen LogP contribution in [0.15, 0.2) is 223 Å². The average Bonchev–Trinajstić information content (AvgIpc) is 3.35. The Labute approximate surface area is 370 Å². The predicted octanol–water partition coefficient (Wildman–Crippen LogP) is 15.3. The molecule has 1 aromatic heterocycles. The molecule has 298 valence electrons. The first-order chi connectivity index (χ1) is 31.2. The fourth-order valence-electron chi connectivity index (χ4n) is 8.92. The van der Waals surface area contributed by atoms with Gasteiger partial charge in [-0.2, -0.15) is 4.36 Å². The molecular formula is C56H38N6S. The van der Waals surface area contributed by atoms with Crippen LogP contribution in [-0.2, 0) is 12.4 Å². The molecule has 0 saturated carbocycles. The Morgan fingerprint density at radius 2 is 0.635 bits per heavy atom. The van der Waals surface area contributed by atoms with E-state index in [1.165, 1.54) is 0 Å². The van der Waals surface area contributed by atoms with Gasteiger partial charge in [0.15, 0.2) is 0 Å². The summed E-state index contributed by atoms with van der Waals surface area (Å²) in [7, 11) is 0. The Morgan fingerprint density at radius 1 is 0.333 bits per heavy atom. The van der Waals surface area contributed by atoms with Crippen LogP contribution in [0.5, 0.6) is 0 Å². The molecule has 0 aliphatic rings. The molecule has 0 aliphatic heterocycles. The topological polar surface area (TPSA) is 70.6 Å². The van der Waals surface area contributed by atoms with E-state index in [1.807, 2.05) is 24.3 Å². The van der Waals surface area contributed by atoms with Crippen molar-refractivity contribution in [2.75, 3.05) is 15.5 Å². The zero-order valence-electron chi connectivity index (χ0n) is 34.0. The summed E-state index contributed by atoms with van der Waals surface area (Å²) in [4.78, 5) is 15.7. The highest BCUT2D eigenvalue weighted by atomic mass is 32.1. The molecular weight excluding hydrogens is 789 g/mol. The molecule has 10 aromatic carbocycles. The minimum Gasteiger partial charge on any atom is -0.396 e. The van der Waals surface area contributed by atoms with Gasteiger partial charge >= 0.3 is 0 Å². The monoisotopic (exact) mass is 826 g/mol. The molecule has 0 unspecified atom stereocenters. The molecule has 0 atom stereocenters. The van der Waals surface area contributed by atoms with Gasteiger partial charge in [-0.15, -0.1) is 0 Å². The third-order valence-corrected chi connectivity index (χ3v) is 11.9. The van der Waals surface area contributed by atoms with Crippen molar-refractivity contribution in [2.45, 2.75) is 0 Å². The van der Waals surface area contributed by atoms with E-state index in [1.54, 1.807) is 0 Å². The molecule has 7 heteroatoms. The summed E-state index contributed by atoms with van der Waals surface area (Å²) < 4.78 is 4.52. The second-order valence-electron chi connectivity index (χ2n) is 15.4. The van der Waals surface area contributed by atoms with Gasteiger partial charge in [0, 0.05) is 68.4 Å². The number of nitrogens with two attached hydrogens (primary N) is 1. The number of nitrogen functional groups attached to an aromatic ring is 1. The molecule has 0 radical (unpaired) electrons. The van der Waals surface area contributed by atoms with Gasteiger partial charge in [-0.1, -0.05) is 146 Å². The number of benzene rings is 10. The van der Waals surface area contributed by atoms with Gasteiger partial charge in [0.05, 0.1) is 16.7 Å². The molecule has 63 heavy (non-hydrogen) atoms. The summed E-state index contributed by atoms with van der Waals surface area (Å²) >= 11 is 5.64. The highest BCUT2D eigenvalue weighted by molar-refractivity contribution is 7.47. The lowest BCUT2D eigenvalue weighted by Gasteiger charge is -2.26. The normalized spacial score (nSPS) is 11.3. The smallest absolute Gasteiger partial charge is 0.111 e. The van der Waals surface area contributed by atoms with E-state index < -0.39 is 0 Å². The van der Waals surface area contributed by atoms with E-state index in [4.69, 9.17) is 28.1 Å². The molecule has 2 N–H and O–H groups in total. The summed E-state index contributed by atoms with van der Waals surface area (Å²) in [5, 5.41) is 4.27. The van der Waals surface area contributed by atoms with Gasteiger partial charge in [0.25, 0.3) is 0 Å². The third kappa shape index (κ3) is 6.59. The number of rotatable bonds is 9. The van der Waals surface area contributed by atoms with Crippen LogP contribution >= 0.6 is 0 Å². The van der Waals surface area contributed by atoms with Crippen molar-refractivity contribution in [3.05, 3.63) is 218 Å². The Balaban J connectivity index is 1.15. The molecule has 1 heterocycles. The third-order valence-electron chi connectivity index (χ3n) is 11.8. The molecule has 6 nitrogen and oxygen atoms in total. The second kappa shape index (κ2) is 16.0. The molecule has 0 spiro atoms. The maximum atomic E-state index is 7.34. The van der Waals surface area contributed by atoms with Crippen molar-refractivity contribution in [1.29, 1.82) is 0 Å². The molecule has 0 amide bonds. The number of fused-ring (bicyclic) bond motifs is 7. The quantitative estimate of drug-likeness (QED) is 0.0888. The van der Waals surface area contributed by atoms with Crippen molar-refractivity contribution in [1.82, 2.24) is 9.97 Å². The van der Waals surface area contributed by atoms with E-state index in [2.05, 4.69) is 208 Å². The summed E-state index contributed by atoms with van der Waals surface area (Å²) in [6.45, 7) is 0. The van der Waals surface area contributed by atoms with Gasteiger partial charge in [-0.25, -0.2) is 9.97 Å². The first-order valence-electron chi connectivity index (χ1n) is 20.9. The summed E-state index contributed by atoms with van der Waals surface area (Å²) in [5.74, 6) is 0. The first-order valence-corrected chi connectivity index (χ1v) is 21.2. The first kappa shape index (κ1) is 37.7. The number of anilines is 7. The fourth-order valence-corrected chi connectivity index (χ4v) is 9.11. The molecule has 0 aliphatic carbocycles. The van der Waals surface area contributed by atoms with Crippen molar-refractivity contribution < 1.29 is 0 Å². The van der Waals surface area contributed by atoms with Crippen LogP contribution in [0.1, 0.15) is 0 Å². The van der Waals surface area contributed by atoms with Crippen LogP contribution in [0.2, 0.25) is 0 Å². The summed E-state index contributed by atoms with van der Waals surface area (Å²) in [6.07, 6.45) is 0. The maximum Gasteiger partial charge on any atom is 0.111 e. The lowest BCUT2D eigenvalue weighted by atomic mass is 9.92. The number of hydrogen-bond donors (Lipinski definition) is 1. The van der Waals surface area contributed by atoms with Gasteiger partial charge < -0.3 is 15.5 Å². The van der Waals surface area contributed by atoms with E-state index >= 15 is 0 Å². The van der Waals surface area contributed by atoms with Crippen LogP contribution in [0.25, 0.3) is 65.9 Å². The van der Waals surface area contributed by atoms with Crippen molar-refractivity contribution >= 4 is 102 Å². The van der Waals surface area contributed by atoms with Gasteiger partial charge in [0.2, 0.25) is 0 Å². The van der Waals surface area contributed by atoms with Gasteiger partial charge in [0.1, 0.15) is 16.7 Å². The molecule has 11 aromatic rings. The zero-order chi connectivity index (χ0) is 42.3. The van der Waals surface area contributed by atoms with E-state index in [-0.39, 0.29) is 0 Å². The zero-order valence-corrected chi connectivity index (χ0v) is 34.8. The lowest BCUT2D eigenvalue weighted by molar-refractivity contribution is 1.28. The van der Waals surface area contributed by atoms with Crippen LogP contribution in [0, 0.1) is 0 Å². The van der Waals surface area contributed by atoms with Gasteiger partial charge in [-0.05, 0) is 94.7 Å². The van der Waals surface area contributed by atoms with Crippen molar-refractivity contribution in [3.63, 3.8) is 0 Å². The van der Waals surface area contributed by atoms with Crippen LogP contribution < -0.4 is 15.5 Å². The van der Waals surface area contributed by atoms with Crippen molar-refractivity contribution in [3.8, 4) is 22.3 Å². The maximum absolute atomic E-state index is 7.34. The molecule has 0 saturated heterocycles.